The average molecular weight is 592 g/mol. The van der Waals surface area contributed by atoms with Crippen LogP contribution in [0.15, 0.2) is 52.2 Å². The van der Waals surface area contributed by atoms with Crippen molar-refractivity contribution < 1.29 is 13.2 Å². The van der Waals surface area contributed by atoms with Gasteiger partial charge in [-0.25, -0.2) is 13.4 Å². The van der Waals surface area contributed by atoms with Gasteiger partial charge in [0.2, 0.25) is 10.0 Å². The normalized spacial score (nSPS) is 14.8. The number of aromatic amines is 1. The van der Waals surface area contributed by atoms with Gasteiger partial charge in [-0.2, -0.15) is 4.31 Å². The third-order valence-electron chi connectivity index (χ3n) is 6.66. The molecule has 0 aliphatic carbocycles. The third kappa shape index (κ3) is 4.76. The molecule has 38 heavy (non-hydrogen) atoms. The summed E-state index contributed by atoms with van der Waals surface area (Å²) in [6.07, 6.45) is 0.765. The van der Waals surface area contributed by atoms with Crippen molar-refractivity contribution in [3.63, 3.8) is 0 Å². The smallest absolute Gasteiger partial charge is 0.260 e. The maximum atomic E-state index is 13.1. The van der Waals surface area contributed by atoms with E-state index in [1.165, 1.54) is 27.8 Å². The number of fused-ring (bicyclic) bond motifs is 1. The molecule has 1 fully saturated rings. The Hall–Kier alpha value is -2.76. The highest BCUT2D eigenvalue weighted by molar-refractivity contribution is 7.89. The Kier molecular flexibility index (Phi) is 7.36. The Labute approximate surface area is 233 Å². The lowest BCUT2D eigenvalue weighted by molar-refractivity contribution is 0.0698. The van der Waals surface area contributed by atoms with Gasteiger partial charge in [0.15, 0.2) is 0 Å². The minimum absolute atomic E-state index is 0.0612. The SMILES string of the molecule is CCc1c(C)sc2nc(-c3ccc(C(=O)N4CCN(S(=O)(=O)c5c(Cl)cccc5Cl)CC4)cc3)[nH]c(=O)c12. The van der Waals surface area contributed by atoms with Crippen LogP contribution >= 0.6 is 34.5 Å². The molecule has 0 saturated carbocycles. The summed E-state index contributed by atoms with van der Waals surface area (Å²) in [6.45, 7) is 4.71. The molecule has 1 aliphatic heterocycles. The van der Waals surface area contributed by atoms with Crippen molar-refractivity contribution in [2.24, 2.45) is 0 Å². The number of thiophene rings is 1. The van der Waals surface area contributed by atoms with Crippen molar-refractivity contribution in [2.45, 2.75) is 25.2 Å². The van der Waals surface area contributed by atoms with Gasteiger partial charge in [0.25, 0.3) is 11.5 Å². The Morgan fingerprint density at radius 2 is 1.68 bits per heavy atom. The van der Waals surface area contributed by atoms with E-state index in [9.17, 15) is 18.0 Å². The quantitative estimate of drug-likeness (QED) is 0.353. The summed E-state index contributed by atoms with van der Waals surface area (Å²) in [4.78, 5) is 36.7. The van der Waals surface area contributed by atoms with Crippen LogP contribution in [0.5, 0.6) is 0 Å². The van der Waals surface area contributed by atoms with Crippen LogP contribution in [0.4, 0.5) is 0 Å². The van der Waals surface area contributed by atoms with Gasteiger partial charge in [-0.1, -0.05) is 48.3 Å². The van der Waals surface area contributed by atoms with Crippen molar-refractivity contribution in [2.75, 3.05) is 26.2 Å². The lowest BCUT2D eigenvalue weighted by Gasteiger charge is -2.34. The molecular weight excluding hydrogens is 567 g/mol. The van der Waals surface area contributed by atoms with Gasteiger partial charge in [-0.15, -0.1) is 11.3 Å². The molecule has 2 aromatic carbocycles. The molecular formula is C26H24Cl2N4O4S2. The molecule has 0 unspecified atom stereocenters. The van der Waals surface area contributed by atoms with E-state index in [1.807, 2.05) is 13.8 Å². The first-order chi connectivity index (χ1) is 18.1. The van der Waals surface area contributed by atoms with Crippen LogP contribution in [-0.2, 0) is 16.4 Å². The van der Waals surface area contributed by atoms with Crippen molar-refractivity contribution >= 4 is 60.7 Å². The van der Waals surface area contributed by atoms with Gasteiger partial charge in [0.05, 0.1) is 15.4 Å². The second-order valence-electron chi connectivity index (χ2n) is 8.91. The van der Waals surface area contributed by atoms with Gasteiger partial charge in [-0.05, 0) is 43.2 Å². The second kappa shape index (κ2) is 10.4. The topological polar surface area (TPSA) is 103 Å². The minimum Gasteiger partial charge on any atom is -0.336 e. The monoisotopic (exact) mass is 590 g/mol. The standard InChI is InChI=1S/C26H24Cl2N4O4S2/c1-3-18-15(2)37-25-21(18)24(33)29-23(30-25)16-7-9-17(10-8-16)26(34)31-11-13-32(14-12-31)38(35,36)22-19(27)5-4-6-20(22)28/h4-10H,3,11-14H2,1-2H3,(H,29,30,33). The van der Waals surface area contributed by atoms with Crippen LogP contribution < -0.4 is 5.56 Å². The average Bonchev–Trinajstić information content (AvgIpc) is 3.23. The van der Waals surface area contributed by atoms with Gasteiger partial charge in [-0.3, -0.25) is 9.59 Å². The fourth-order valence-corrected chi connectivity index (χ4v) is 8.31. The van der Waals surface area contributed by atoms with Crippen LogP contribution in [0.1, 0.15) is 27.7 Å². The molecule has 1 amide bonds. The zero-order chi connectivity index (χ0) is 27.2. The summed E-state index contributed by atoms with van der Waals surface area (Å²) in [7, 11) is -3.90. The van der Waals surface area contributed by atoms with Crippen molar-refractivity contribution in [1.82, 2.24) is 19.2 Å². The number of benzene rings is 2. The van der Waals surface area contributed by atoms with E-state index < -0.39 is 10.0 Å². The number of hydrogen-bond donors (Lipinski definition) is 1. The van der Waals surface area contributed by atoms with Crippen LogP contribution in [0.2, 0.25) is 10.0 Å². The number of carbonyl (C=O) groups is 1. The van der Waals surface area contributed by atoms with Gasteiger partial charge < -0.3 is 9.88 Å². The van der Waals surface area contributed by atoms with E-state index in [-0.39, 0.29) is 52.6 Å². The highest BCUT2D eigenvalue weighted by Gasteiger charge is 2.33. The van der Waals surface area contributed by atoms with Crippen molar-refractivity contribution in [3.05, 3.63) is 78.9 Å². The number of hydrogen-bond acceptors (Lipinski definition) is 6. The maximum Gasteiger partial charge on any atom is 0.260 e. The molecule has 1 N–H and O–H groups in total. The fraction of sp³-hybridized carbons (Fsp3) is 0.269. The number of halogens is 2. The van der Waals surface area contributed by atoms with Gasteiger partial charge in [0.1, 0.15) is 15.6 Å². The number of aryl methyl sites for hydroxylation is 2. The first-order valence-corrected chi connectivity index (χ1v) is 15.0. The summed E-state index contributed by atoms with van der Waals surface area (Å²) in [5.74, 6) is 0.241. The molecule has 4 aromatic rings. The molecule has 1 saturated heterocycles. The Morgan fingerprint density at radius 3 is 2.29 bits per heavy atom. The molecule has 198 valence electrons. The van der Waals surface area contributed by atoms with Crippen LogP contribution in [0.3, 0.4) is 0 Å². The van der Waals surface area contributed by atoms with Crippen LogP contribution in [-0.4, -0.2) is 59.7 Å². The van der Waals surface area contributed by atoms with E-state index >= 15 is 0 Å². The van der Waals surface area contributed by atoms with E-state index in [2.05, 4.69) is 9.97 Å². The van der Waals surface area contributed by atoms with E-state index in [1.54, 1.807) is 35.2 Å². The highest BCUT2D eigenvalue weighted by atomic mass is 35.5. The molecule has 0 bridgehead atoms. The molecule has 0 radical (unpaired) electrons. The summed E-state index contributed by atoms with van der Waals surface area (Å²) in [5.41, 5.74) is 2.01. The molecule has 1 aliphatic rings. The summed E-state index contributed by atoms with van der Waals surface area (Å²) < 4.78 is 27.5. The maximum absolute atomic E-state index is 13.1. The predicted octanol–water partition coefficient (Wildman–Crippen LogP) is 4.98. The number of H-pyrrole nitrogens is 1. The number of nitrogens with zero attached hydrogens (tertiary/aromatic N) is 3. The molecule has 3 heterocycles. The Morgan fingerprint density at radius 1 is 1.05 bits per heavy atom. The number of amides is 1. The Bertz CT molecular complexity index is 1690. The first kappa shape index (κ1) is 26.8. The lowest BCUT2D eigenvalue weighted by Crippen LogP contribution is -2.50. The van der Waals surface area contributed by atoms with E-state index in [0.29, 0.717) is 27.2 Å². The van der Waals surface area contributed by atoms with Crippen molar-refractivity contribution in [3.8, 4) is 11.4 Å². The molecule has 2 aromatic heterocycles. The number of rotatable bonds is 5. The largest absolute Gasteiger partial charge is 0.336 e. The molecule has 0 spiro atoms. The summed E-state index contributed by atoms with van der Waals surface area (Å²) in [6, 6.07) is 11.4. The van der Waals surface area contributed by atoms with Gasteiger partial charge in [0, 0.05) is 42.2 Å². The zero-order valence-corrected chi connectivity index (χ0v) is 23.8. The molecule has 12 heteroatoms. The van der Waals surface area contributed by atoms with Crippen LogP contribution in [0.25, 0.3) is 21.6 Å². The molecule has 5 rings (SSSR count). The number of sulfonamides is 1. The number of carbonyl (C=O) groups excluding carboxylic acids is 1. The van der Waals surface area contributed by atoms with Crippen molar-refractivity contribution in [1.29, 1.82) is 0 Å². The summed E-state index contributed by atoms with van der Waals surface area (Å²) >= 11 is 13.7. The number of piperazine rings is 1. The third-order valence-corrected chi connectivity index (χ3v) is 10.6. The van der Waals surface area contributed by atoms with Crippen LogP contribution in [0, 0.1) is 6.92 Å². The van der Waals surface area contributed by atoms with E-state index in [4.69, 9.17) is 23.2 Å². The van der Waals surface area contributed by atoms with E-state index in [0.717, 1.165) is 16.9 Å². The highest BCUT2D eigenvalue weighted by Crippen LogP contribution is 2.32. The molecule has 0 atom stereocenters. The lowest BCUT2D eigenvalue weighted by atomic mass is 10.1. The summed E-state index contributed by atoms with van der Waals surface area (Å²) in [5, 5.41) is 0.765. The number of nitrogens with one attached hydrogen (secondary N) is 1. The second-order valence-corrected chi connectivity index (χ2v) is 12.8. The first-order valence-electron chi connectivity index (χ1n) is 12.0. The van der Waals surface area contributed by atoms with Gasteiger partial charge >= 0.3 is 0 Å². The zero-order valence-electron chi connectivity index (χ0n) is 20.6. The predicted molar refractivity (Wildman–Crippen MR) is 151 cm³/mol. The Balaban J connectivity index is 1.30. The fourth-order valence-electron chi connectivity index (χ4n) is 4.68. The minimum atomic E-state index is -3.90. The molecule has 8 nitrogen and oxygen atoms in total. The number of aromatic nitrogens is 2.